The van der Waals surface area contributed by atoms with E-state index in [2.05, 4.69) is 192 Å². The summed E-state index contributed by atoms with van der Waals surface area (Å²) < 4.78 is 20.2. The monoisotopic (exact) mass is 1970 g/mol. The van der Waals surface area contributed by atoms with Crippen molar-refractivity contribution in [3.8, 4) is 22.7 Å². The maximum atomic E-state index is 12.9. The Labute approximate surface area is 817 Å². The molecule has 3 amide bonds. The van der Waals surface area contributed by atoms with Gasteiger partial charge in [-0.3, -0.25) is 4.79 Å². The molecule has 678 valence electrons. The Morgan fingerprint density at radius 2 is 0.802 bits per heavy atom. The largest absolute Gasteiger partial charge is 0.443 e. The number of para-hydroxylation sites is 3. The molecule has 0 N–H and O–H groups in total. The molecule has 0 unspecified atom stereocenters. The minimum Gasteiger partial charge on any atom is -0.443 e. The van der Waals surface area contributed by atoms with E-state index in [0.29, 0.717) is 22.5 Å². The molecule has 11 aromatic rings. The van der Waals surface area contributed by atoms with Gasteiger partial charge in [0.15, 0.2) is 0 Å². The van der Waals surface area contributed by atoms with Crippen molar-refractivity contribution in [3.63, 3.8) is 0 Å². The van der Waals surface area contributed by atoms with Crippen molar-refractivity contribution < 1.29 is 33.4 Å². The number of nitrogens with zero attached hydrogens (tertiary/aromatic N) is 8. The number of fused-ring (bicyclic) bond motifs is 12. The van der Waals surface area contributed by atoms with Gasteiger partial charge in [-0.25, -0.2) is 38.6 Å². The number of nitriles is 2. The first-order valence-electron chi connectivity index (χ1n) is 44.3. The molecule has 1 aliphatic carbocycles. The zero-order chi connectivity index (χ0) is 93.7. The second-order valence-corrected chi connectivity index (χ2v) is 40.6. The lowest BCUT2D eigenvalue weighted by molar-refractivity contribution is 0.0586. The first-order chi connectivity index (χ1) is 62.4. The highest BCUT2D eigenvalue weighted by atomic mass is 127. The number of ether oxygens (including phenoxy) is 3. The van der Waals surface area contributed by atoms with Crippen LogP contribution in [0.2, 0.25) is 0 Å². The highest BCUT2D eigenvalue weighted by Crippen LogP contribution is 2.53. The lowest BCUT2D eigenvalue weighted by Crippen LogP contribution is -2.35. The molecule has 0 fully saturated rings. The van der Waals surface area contributed by atoms with Gasteiger partial charge in [0.1, 0.15) is 37.2 Å². The van der Waals surface area contributed by atoms with Gasteiger partial charge < -0.3 is 19.1 Å². The van der Waals surface area contributed by atoms with Crippen molar-refractivity contribution in [2.45, 2.75) is 228 Å². The Kier molecular flexibility index (Phi) is 36.7. The van der Waals surface area contributed by atoms with E-state index < -0.39 is 29.0 Å². The number of carbonyl (C=O) groups is 4. The smallest absolute Gasteiger partial charge is 0.419 e. The summed E-state index contributed by atoms with van der Waals surface area (Å²) in [6.45, 7) is 31.3. The molecule has 6 aliphatic heterocycles. The highest BCUT2D eigenvalue weighted by Gasteiger charge is 2.36. The average Bonchev–Trinajstić information content (AvgIpc) is 0.763. The van der Waals surface area contributed by atoms with Crippen molar-refractivity contribution in [2.75, 3.05) is 47.8 Å². The summed E-state index contributed by atoms with van der Waals surface area (Å²) in [7, 11) is 8.37. The molecule has 131 heavy (non-hydrogen) atoms. The van der Waals surface area contributed by atoms with Crippen LogP contribution in [0.5, 0.6) is 0 Å². The summed E-state index contributed by atoms with van der Waals surface area (Å²) in [4.78, 5) is 74.0. The van der Waals surface area contributed by atoms with Gasteiger partial charge in [0.05, 0.1) is 78.2 Å². The van der Waals surface area contributed by atoms with Crippen LogP contribution in [-0.2, 0) is 46.3 Å². The molecular weight excluding hydrogens is 1850 g/mol. The predicted octanol–water partition coefficient (Wildman–Crippen LogP) is 30.7. The van der Waals surface area contributed by atoms with Crippen LogP contribution in [0.3, 0.4) is 0 Å². The van der Waals surface area contributed by atoms with Crippen LogP contribution < -0.4 is 29.5 Å². The van der Waals surface area contributed by atoms with E-state index >= 15 is 0 Å². The van der Waals surface area contributed by atoms with Crippen LogP contribution in [0.15, 0.2) is 292 Å². The fourth-order valence-corrected chi connectivity index (χ4v) is 20.9. The minimum absolute atomic E-state index is 0. The summed E-state index contributed by atoms with van der Waals surface area (Å²) in [6, 6.07) is 85.8. The van der Waals surface area contributed by atoms with Crippen molar-refractivity contribution in [3.05, 3.63) is 304 Å². The van der Waals surface area contributed by atoms with Crippen LogP contribution >= 0.6 is 94.1 Å². The molecule has 0 radical (unpaired) electrons. The number of rotatable bonds is 8. The highest BCUT2D eigenvalue weighted by molar-refractivity contribution is 14.0. The topological polar surface area (TPSA) is 172 Å². The molecule has 0 saturated heterocycles. The zero-order valence-corrected chi connectivity index (χ0v) is 85.9. The van der Waals surface area contributed by atoms with Crippen LogP contribution in [0.4, 0.5) is 54.2 Å². The normalized spacial score (nSPS) is 12.2. The van der Waals surface area contributed by atoms with Gasteiger partial charge in [0, 0.05) is 85.9 Å². The number of halogens is 1. The SMILES string of the molecule is CC.CC.CC(C)(C)OC(=O)N1c2ccccc2Sc2ccc(C#N)cc21.CC(C)(C)OC(=O)N1c2ccccc2Sc2ccc(C=O)cc21.CCCc1cc2nc3ccc(N(C)C)cc3sc-2cc1=[N+](C)C.CCCc1ccc2c(c1)Cc1ccccc1S2.CCCc1ccc2c(c1)N(C(=O)OC(C)(C)C)c1ccccc1S2.I.N#Cc1ccc2c(c1)Cc1ccccc1S2. The molecule has 22 heteroatoms. The molecule has 15 nitrogen and oxygen atoms in total. The quantitative estimate of drug-likeness (QED) is 0.0462. The first kappa shape index (κ1) is 102. The van der Waals surface area contributed by atoms with E-state index in [4.69, 9.17) is 29.7 Å². The Hall–Kier alpha value is -10.8. The summed E-state index contributed by atoms with van der Waals surface area (Å²) in [5.41, 5.74) is 17.9. The lowest BCUT2D eigenvalue weighted by Gasteiger charge is -2.33. The van der Waals surface area contributed by atoms with Gasteiger partial charge in [-0.15, -0.1) is 35.3 Å². The van der Waals surface area contributed by atoms with Crippen LogP contribution in [0, 0.1) is 22.7 Å². The number of carbonyl (C=O) groups excluding carboxylic acids is 4. The Balaban J connectivity index is 0.000000162. The van der Waals surface area contributed by atoms with Crippen molar-refractivity contribution in [2.24, 2.45) is 0 Å². The zero-order valence-electron chi connectivity index (χ0n) is 78.6. The van der Waals surface area contributed by atoms with Crippen LogP contribution in [0.1, 0.15) is 190 Å². The standard InChI is InChI=1S/C20H23NO2S.C19H24N3S.C18H16N2O2S.C18H17NO3S.C16H16S.C14H9NS.2C2H6.HI/c1-5-8-14-11-12-18-16(13-14)21(19(22)23-20(2,3)4)15-9-6-7-10-17(15)24-18;1-6-7-13-10-16-19(12-17(13)22(4)5)23-18-11-14(21(2)3)8-9-15(18)20-16;1-18(2,3)22-17(21)20-13-6-4-5-7-15(13)23-16-9-8-12(11-19)10-14(16)20;1-18(2,3)22-17(21)19-13-6-4-5-7-15(13)23-16-9-8-12(11-20)10-14(16)19;1-2-5-12-8-9-16-14(10-12)11-13-6-3-4-7-15(13)17-16;15-9-10-5-6-14-12(7-10)8-11-3-1-2-4-13(11)16-14;2*1-2;/h6-7,9-13H,5,8H2,1-4H3;8-12H,6-7H2,1-5H3;4-10H,1-3H3;4-11H,1-3H3;3-4,6-10H,2,5,11H2,1H3;1-7H,8H2;2*1-2H3;1H/q;+1;;;;;;;. The van der Waals surface area contributed by atoms with Crippen LogP contribution in [0.25, 0.3) is 20.8 Å². The third kappa shape index (κ3) is 26.6. The molecule has 11 aromatic carbocycles. The number of aldehydes is 1. The Morgan fingerprint density at radius 1 is 0.427 bits per heavy atom. The number of hydrogen-bond acceptors (Lipinski definition) is 17. The van der Waals surface area contributed by atoms with Crippen LogP contribution in [-0.4, -0.2) is 74.5 Å². The molecule has 7 aliphatic rings. The maximum Gasteiger partial charge on any atom is 0.419 e. The number of aromatic nitrogens is 1. The van der Waals surface area contributed by atoms with E-state index in [-0.39, 0.29) is 30.1 Å². The van der Waals surface area contributed by atoms with E-state index in [9.17, 15) is 19.2 Å². The first-order valence-corrected chi connectivity index (χ1v) is 49.2. The predicted molar refractivity (Wildman–Crippen MR) is 558 cm³/mol. The molecular formula is C109H118IN8O7S6+. The van der Waals surface area contributed by atoms with Crippen molar-refractivity contribution in [1.29, 1.82) is 10.5 Å². The number of anilines is 7. The van der Waals surface area contributed by atoms with Gasteiger partial charge >= 0.3 is 18.3 Å². The summed E-state index contributed by atoms with van der Waals surface area (Å²) in [5, 5.41) is 19.3. The van der Waals surface area contributed by atoms with Gasteiger partial charge in [0.2, 0.25) is 5.36 Å². The fraction of sp³-hybridized carbons (Fsp3) is 0.284. The third-order valence-electron chi connectivity index (χ3n) is 20.3. The summed E-state index contributed by atoms with van der Waals surface area (Å²) in [6.07, 6.45) is 8.33. The number of hydrogen-bond donors (Lipinski definition) is 0. The molecule has 0 spiro atoms. The summed E-state index contributed by atoms with van der Waals surface area (Å²) in [5.74, 6) is 0. The van der Waals surface area contributed by atoms with Gasteiger partial charge in [0.25, 0.3) is 0 Å². The van der Waals surface area contributed by atoms with Gasteiger partial charge in [-0.2, -0.15) is 10.5 Å². The molecule has 18 rings (SSSR count). The molecule has 0 bridgehead atoms. The summed E-state index contributed by atoms with van der Waals surface area (Å²) >= 11 is 10.4. The van der Waals surface area contributed by atoms with Gasteiger partial charge in [-0.05, 0) is 267 Å². The van der Waals surface area contributed by atoms with E-state index in [1.807, 2.05) is 210 Å². The minimum atomic E-state index is -0.598. The molecule has 6 heterocycles. The van der Waals surface area contributed by atoms with Crippen molar-refractivity contribution >= 4 is 169 Å². The number of aryl methyl sites for hydroxylation is 3. The lowest BCUT2D eigenvalue weighted by atomic mass is 10.0. The van der Waals surface area contributed by atoms with Crippen molar-refractivity contribution in [1.82, 2.24) is 9.56 Å². The maximum absolute atomic E-state index is 12.9. The second kappa shape index (κ2) is 47.0. The molecule has 0 atom stereocenters. The van der Waals surface area contributed by atoms with Gasteiger partial charge in [-0.1, -0.05) is 224 Å². The Morgan fingerprint density at radius 3 is 1.24 bits per heavy atom. The average molecular weight is 1970 g/mol. The van der Waals surface area contributed by atoms with E-state index in [1.54, 1.807) is 86.0 Å². The second-order valence-electron chi connectivity index (χ2n) is 34.1. The molecule has 0 aromatic heterocycles. The fourth-order valence-electron chi connectivity index (χ4n) is 14.6. The Bertz CT molecular complexity index is 6370. The number of amides is 3. The third-order valence-corrected chi connectivity index (χ3v) is 27.2. The van der Waals surface area contributed by atoms with E-state index in [1.165, 1.54) is 92.0 Å². The molecule has 0 saturated carbocycles. The number of benzene rings is 12. The van der Waals surface area contributed by atoms with E-state index in [0.717, 1.165) is 114 Å².